The molecular weight excluding hydrogens is 264 g/mol. The van der Waals surface area contributed by atoms with E-state index in [1.807, 2.05) is 6.07 Å². The Hall–Kier alpha value is -1.62. The SMILES string of the molecule is Cc1ccc(C#N)cc1NS(=O)(=O)N1CCNCC1. The van der Waals surface area contributed by atoms with Crippen molar-refractivity contribution < 1.29 is 8.42 Å². The van der Waals surface area contributed by atoms with Gasteiger partial charge in [-0.2, -0.15) is 18.0 Å². The van der Waals surface area contributed by atoms with Crippen LogP contribution in [0, 0.1) is 18.3 Å². The Kier molecular flexibility index (Phi) is 4.04. The second-order valence-electron chi connectivity index (χ2n) is 4.40. The highest BCUT2D eigenvalue weighted by atomic mass is 32.2. The molecule has 1 fully saturated rings. The Morgan fingerprint density at radius 1 is 1.37 bits per heavy atom. The summed E-state index contributed by atoms with van der Waals surface area (Å²) in [5.74, 6) is 0. The van der Waals surface area contributed by atoms with Crippen molar-refractivity contribution in [3.8, 4) is 6.07 Å². The highest BCUT2D eigenvalue weighted by Gasteiger charge is 2.24. The highest BCUT2D eigenvalue weighted by molar-refractivity contribution is 7.90. The Morgan fingerprint density at radius 3 is 2.68 bits per heavy atom. The number of piperazine rings is 1. The first kappa shape index (κ1) is 13.8. The van der Waals surface area contributed by atoms with Crippen molar-refractivity contribution in [1.29, 1.82) is 5.26 Å². The Morgan fingerprint density at radius 2 is 2.05 bits per heavy atom. The van der Waals surface area contributed by atoms with Gasteiger partial charge in [0.1, 0.15) is 0 Å². The van der Waals surface area contributed by atoms with Crippen molar-refractivity contribution in [2.24, 2.45) is 0 Å². The summed E-state index contributed by atoms with van der Waals surface area (Å²) in [6, 6.07) is 6.95. The van der Waals surface area contributed by atoms with E-state index in [1.54, 1.807) is 25.1 Å². The van der Waals surface area contributed by atoms with Crippen LogP contribution in [-0.4, -0.2) is 38.9 Å². The number of aryl methyl sites for hydroxylation is 1. The average molecular weight is 280 g/mol. The number of benzene rings is 1. The summed E-state index contributed by atoms with van der Waals surface area (Å²) in [5, 5.41) is 12.0. The van der Waals surface area contributed by atoms with E-state index >= 15 is 0 Å². The van der Waals surface area contributed by atoms with Crippen molar-refractivity contribution in [2.45, 2.75) is 6.92 Å². The summed E-state index contributed by atoms with van der Waals surface area (Å²) < 4.78 is 28.4. The molecule has 0 unspecified atom stereocenters. The summed E-state index contributed by atoms with van der Waals surface area (Å²) in [4.78, 5) is 0. The first-order chi connectivity index (χ1) is 9.03. The lowest BCUT2D eigenvalue weighted by molar-refractivity contribution is 0.362. The zero-order valence-electron chi connectivity index (χ0n) is 10.7. The third-order valence-electron chi connectivity index (χ3n) is 3.02. The Labute approximate surface area is 113 Å². The molecule has 0 amide bonds. The maximum atomic E-state index is 12.2. The molecule has 1 saturated heterocycles. The molecule has 2 rings (SSSR count). The van der Waals surface area contributed by atoms with Gasteiger partial charge in [0.25, 0.3) is 0 Å². The Balaban J connectivity index is 2.22. The summed E-state index contributed by atoms with van der Waals surface area (Å²) in [6.07, 6.45) is 0. The van der Waals surface area contributed by atoms with Crippen molar-refractivity contribution in [1.82, 2.24) is 9.62 Å². The summed E-state index contributed by atoms with van der Waals surface area (Å²) in [7, 11) is -3.55. The third kappa shape index (κ3) is 3.23. The van der Waals surface area contributed by atoms with Crippen LogP contribution in [0.2, 0.25) is 0 Å². The normalized spacial score (nSPS) is 16.8. The third-order valence-corrected chi connectivity index (χ3v) is 4.54. The van der Waals surface area contributed by atoms with Gasteiger partial charge in [-0.15, -0.1) is 0 Å². The van der Waals surface area contributed by atoms with Gasteiger partial charge in [0, 0.05) is 26.2 Å². The van der Waals surface area contributed by atoms with E-state index in [2.05, 4.69) is 10.0 Å². The van der Waals surface area contributed by atoms with Crippen LogP contribution in [0.4, 0.5) is 5.69 Å². The fraction of sp³-hybridized carbons (Fsp3) is 0.417. The van der Waals surface area contributed by atoms with Gasteiger partial charge < -0.3 is 5.32 Å². The monoisotopic (exact) mass is 280 g/mol. The van der Waals surface area contributed by atoms with Gasteiger partial charge in [-0.25, -0.2) is 0 Å². The van der Waals surface area contributed by atoms with Crippen LogP contribution in [0.3, 0.4) is 0 Å². The van der Waals surface area contributed by atoms with Crippen LogP contribution in [0.1, 0.15) is 11.1 Å². The van der Waals surface area contributed by atoms with E-state index < -0.39 is 10.2 Å². The molecule has 19 heavy (non-hydrogen) atoms. The molecular formula is C12H16N4O2S. The molecule has 1 aromatic carbocycles. The standard InChI is InChI=1S/C12H16N4O2S/c1-10-2-3-11(9-13)8-12(10)15-19(17,18)16-6-4-14-5-7-16/h2-3,8,14-15H,4-7H2,1H3. The van der Waals surface area contributed by atoms with Gasteiger partial charge in [-0.05, 0) is 24.6 Å². The van der Waals surface area contributed by atoms with Crippen molar-refractivity contribution in [3.05, 3.63) is 29.3 Å². The largest absolute Gasteiger partial charge is 0.314 e. The molecule has 0 saturated carbocycles. The van der Waals surface area contributed by atoms with E-state index in [-0.39, 0.29) is 0 Å². The molecule has 0 aliphatic carbocycles. The predicted octanol–water partition coefficient (Wildman–Crippen LogP) is 0.429. The quantitative estimate of drug-likeness (QED) is 0.840. The summed E-state index contributed by atoms with van der Waals surface area (Å²) >= 11 is 0. The molecule has 2 N–H and O–H groups in total. The minimum absolute atomic E-state index is 0.434. The minimum Gasteiger partial charge on any atom is -0.314 e. The molecule has 1 aliphatic heterocycles. The molecule has 0 aromatic heterocycles. The number of hydrogen-bond donors (Lipinski definition) is 2. The molecule has 1 aliphatic rings. The predicted molar refractivity (Wildman–Crippen MR) is 72.9 cm³/mol. The van der Waals surface area contributed by atoms with Crippen molar-refractivity contribution in [2.75, 3.05) is 30.9 Å². The van der Waals surface area contributed by atoms with Crippen LogP contribution in [0.15, 0.2) is 18.2 Å². The zero-order chi connectivity index (χ0) is 13.9. The van der Waals surface area contributed by atoms with Crippen LogP contribution in [0.25, 0.3) is 0 Å². The Bertz CT molecular complexity index is 601. The molecule has 0 radical (unpaired) electrons. The van der Waals surface area contributed by atoms with Crippen LogP contribution in [0.5, 0.6) is 0 Å². The number of rotatable bonds is 3. The van der Waals surface area contributed by atoms with E-state index in [0.717, 1.165) is 5.56 Å². The smallest absolute Gasteiger partial charge is 0.301 e. The summed E-state index contributed by atoms with van der Waals surface area (Å²) in [5.41, 5.74) is 1.68. The number of nitrogens with one attached hydrogen (secondary N) is 2. The number of nitrogens with zero attached hydrogens (tertiary/aromatic N) is 2. The lowest BCUT2D eigenvalue weighted by Crippen LogP contribution is -2.48. The minimum atomic E-state index is -3.55. The van der Waals surface area contributed by atoms with Gasteiger partial charge in [0.05, 0.1) is 17.3 Å². The zero-order valence-corrected chi connectivity index (χ0v) is 11.5. The molecule has 1 heterocycles. The van der Waals surface area contributed by atoms with Crippen LogP contribution >= 0.6 is 0 Å². The lowest BCUT2D eigenvalue weighted by Gasteiger charge is -2.27. The molecule has 7 heteroatoms. The molecule has 0 atom stereocenters. The van der Waals surface area contributed by atoms with Gasteiger partial charge in [-0.3, -0.25) is 4.72 Å². The highest BCUT2D eigenvalue weighted by Crippen LogP contribution is 2.19. The van der Waals surface area contributed by atoms with E-state index in [1.165, 1.54) is 4.31 Å². The molecule has 6 nitrogen and oxygen atoms in total. The van der Waals surface area contributed by atoms with Crippen LogP contribution < -0.4 is 10.0 Å². The molecule has 102 valence electrons. The number of hydrogen-bond acceptors (Lipinski definition) is 4. The van der Waals surface area contributed by atoms with E-state index in [0.29, 0.717) is 37.4 Å². The maximum Gasteiger partial charge on any atom is 0.301 e. The number of anilines is 1. The van der Waals surface area contributed by atoms with Gasteiger partial charge in [0.2, 0.25) is 0 Å². The molecule has 1 aromatic rings. The van der Waals surface area contributed by atoms with E-state index in [4.69, 9.17) is 5.26 Å². The lowest BCUT2D eigenvalue weighted by atomic mass is 10.1. The second kappa shape index (κ2) is 5.57. The second-order valence-corrected chi connectivity index (χ2v) is 6.07. The fourth-order valence-electron chi connectivity index (χ4n) is 1.89. The first-order valence-electron chi connectivity index (χ1n) is 6.02. The van der Waals surface area contributed by atoms with Crippen LogP contribution in [-0.2, 0) is 10.2 Å². The van der Waals surface area contributed by atoms with Gasteiger partial charge in [-0.1, -0.05) is 6.07 Å². The fourth-order valence-corrected chi connectivity index (χ4v) is 3.18. The average Bonchev–Trinajstić information content (AvgIpc) is 2.42. The first-order valence-corrected chi connectivity index (χ1v) is 7.46. The van der Waals surface area contributed by atoms with Crippen molar-refractivity contribution in [3.63, 3.8) is 0 Å². The van der Waals surface area contributed by atoms with Crippen molar-refractivity contribution >= 4 is 15.9 Å². The van der Waals surface area contributed by atoms with E-state index in [9.17, 15) is 8.42 Å². The maximum absolute atomic E-state index is 12.2. The number of nitriles is 1. The molecule has 0 bridgehead atoms. The molecule has 0 spiro atoms. The van der Waals surface area contributed by atoms with Gasteiger partial charge >= 0.3 is 10.2 Å². The topological polar surface area (TPSA) is 85.2 Å². The summed E-state index contributed by atoms with van der Waals surface area (Å²) in [6.45, 7) is 4.01. The van der Waals surface area contributed by atoms with Gasteiger partial charge in [0.15, 0.2) is 0 Å².